The summed E-state index contributed by atoms with van der Waals surface area (Å²) in [5.74, 6) is 0.371. The molecule has 3 aromatic rings. The first-order valence-corrected chi connectivity index (χ1v) is 12.5. The minimum Gasteiger partial charge on any atom is -0.339 e. The van der Waals surface area contributed by atoms with Crippen molar-refractivity contribution in [3.8, 4) is 11.4 Å². The molecule has 1 aliphatic heterocycles. The van der Waals surface area contributed by atoms with Crippen LogP contribution < -0.4 is 4.90 Å². The Labute approximate surface area is 185 Å². The molecule has 0 spiro atoms. The second kappa shape index (κ2) is 8.89. The van der Waals surface area contributed by atoms with Crippen molar-refractivity contribution in [1.82, 2.24) is 14.4 Å². The zero-order valence-corrected chi connectivity index (χ0v) is 19.0. The highest BCUT2D eigenvalue weighted by Crippen LogP contribution is 2.32. The number of carbonyl (C=O) groups excluding carboxylic acids is 1. The number of hydrogen-bond donors (Lipinski definition) is 0. The average molecular weight is 461 g/mol. The van der Waals surface area contributed by atoms with Crippen LogP contribution in [0.15, 0.2) is 50.5 Å². The number of aryl methyl sites for hydroxylation is 1. The Balaban J connectivity index is 1.52. The molecular weight excluding hydrogens is 436 g/mol. The number of rotatable bonds is 6. The molecular formula is C21H24N4O4S2. The average Bonchev–Trinajstić information content (AvgIpc) is 3.45. The topological polar surface area (TPSA) is 96.6 Å². The second-order valence-electron chi connectivity index (χ2n) is 7.41. The number of aromatic nitrogens is 2. The molecule has 3 heterocycles. The van der Waals surface area contributed by atoms with Crippen LogP contribution in [0.4, 0.5) is 5.69 Å². The van der Waals surface area contributed by atoms with Gasteiger partial charge in [0.2, 0.25) is 17.6 Å². The Morgan fingerprint density at radius 1 is 1.32 bits per heavy atom. The fourth-order valence-corrected chi connectivity index (χ4v) is 6.60. The molecule has 8 nitrogen and oxygen atoms in total. The van der Waals surface area contributed by atoms with Gasteiger partial charge in [-0.05, 0) is 38.0 Å². The van der Waals surface area contributed by atoms with Gasteiger partial charge in [-0.2, -0.15) is 9.29 Å². The third kappa shape index (κ3) is 4.41. The van der Waals surface area contributed by atoms with E-state index in [0.717, 1.165) is 17.0 Å². The Bertz CT molecular complexity index is 1160. The van der Waals surface area contributed by atoms with E-state index in [4.69, 9.17) is 4.52 Å². The lowest BCUT2D eigenvalue weighted by Crippen LogP contribution is -2.46. The SMILES string of the molecule is CCN(C(=O)C1CCCN(S(=O)(=O)c2cc(-c3noc(C)n3)cs2)C1)c1ccccc1. The van der Waals surface area contributed by atoms with Gasteiger partial charge in [-0.15, -0.1) is 11.3 Å². The molecule has 2 aromatic heterocycles. The van der Waals surface area contributed by atoms with E-state index in [2.05, 4.69) is 10.1 Å². The van der Waals surface area contributed by atoms with Crippen LogP contribution in [0.2, 0.25) is 0 Å². The highest BCUT2D eigenvalue weighted by atomic mass is 32.2. The summed E-state index contributed by atoms with van der Waals surface area (Å²) in [6.45, 7) is 4.72. The molecule has 0 N–H and O–H groups in total. The zero-order chi connectivity index (χ0) is 22.0. The number of thiophene rings is 1. The van der Waals surface area contributed by atoms with E-state index < -0.39 is 10.0 Å². The third-order valence-electron chi connectivity index (χ3n) is 5.34. The molecule has 1 fully saturated rings. The minimum absolute atomic E-state index is 0.0391. The van der Waals surface area contributed by atoms with Gasteiger partial charge >= 0.3 is 0 Å². The van der Waals surface area contributed by atoms with E-state index >= 15 is 0 Å². The first kappa shape index (κ1) is 21.7. The van der Waals surface area contributed by atoms with Gasteiger partial charge in [0.15, 0.2) is 0 Å². The van der Waals surface area contributed by atoms with E-state index in [-0.39, 0.29) is 22.6 Å². The van der Waals surface area contributed by atoms with Gasteiger partial charge in [-0.1, -0.05) is 23.4 Å². The molecule has 4 rings (SSSR count). The Morgan fingerprint density at radius 2 is 2.10 bits per heavy atom. The summed E-state index contributed by atoms with van der Waals surface area (Å²) in [4.78, 5) is 19.1. The molecule has 1 aliphatic rings. The van der Waals surface area contributed by atoms with Crippen LogP contribution in [0.25, 0.3) is 11.4 Å². The van der Waals surface area contributed by atoms with Crippen LogP contribution in [-0.4, -0.2) is 48.4 Å². The van der Waals surface area contributed by atoms with Gasteiger partial charge in [0, 0.05) is 43.2 Å². The summed E-state index contributed by atoms with van der Waals surface area (Å²) in [7, 11) is -3.71. The molecule has 1 amide bonds. The van der Waals surface area contributed by atoms with Crippen LogP contribution in [0.5, 0.6) is 0 Å². The van der Waals surface area contributed by atoms with E-state index in [1.165, 1.54) is 4.31 Å². The van der Waals surface area contributed by atoms with Crippen LogP contribution >= 0.6 is 11.3 Å². The van der Waals surface area contributed by atoms with E-state index in [9.17, 15) is 13.2 Å². The van der Waals surface area contributed by atoms with Crippen molar-refractivity contribution in [2.45, 2.75) is 30.9 Å². The smallest absolute Gasteiger partial charge is 0.252 e. The number of para-hydroxylation sites is 1. The maximum absolute atomic E-state index is 13.3. The van der Waals surface area contributed by atoms with Gasteiger partial charge in [0.25, 0.3) is 10.0 Å². The van der Waals surface area contributed by atoms with Gasteiger partial charge < -0.3 is 9.42 Å². The van der Waals surface area contributed by atoms with Crippen molar-refractivity contribution in [2.75, 3.05) is 24.5 Å². The molecule has 0 saturated carbocycles. The lowest BCUT2D eigenvalue weighted by atomic mass is 9.98. The van der Waals surface area contributed by atoms with Crippen molar-refractivity contribution < 1.29 is 17.7 Å². The quantitative estimate of drug-likeness (QED) is 0.558. The van der Waals surface area contributed by atoms with Crippen molar-refractivity contribution in [3.05, 3.63) is 47.7 Å². The van der Waals surface area contributed by atoms with Gasteiger partial charge in [0.1, 0.15) is 4.21 Å². The maximum Gasteiger partial charge on any atom is 0.252 e. The molecule has 0 radical (unpaired) electrons. The second-order valence-corrected chi connectivity index (χ2v) is 10.5. The monoisotopic (exact) mass is 460 g/mol. The van der Waals surface area contributed by atoms with Gasteiger partial charge in [0.05, 0.1) is 5.92 Å². The number of sulfonamides is 1. The summed E-state index contributed by atoms with van der Waals surface area (Å²) in [5, 5.41) is 5.56. The summed E-state index contributed by atoms with van der Waals surface area (Å²) >= 11 is 1.12. The summed E-state index contributed by atoms with van der Waals surface area (Å²) in [6.07, 6.45) is 1.32. The summed E-state index contributed by atoms with van der Waals surface area (Å²) < 4.78 is 33.1. The summed E-state index contributed by atoms with van der Waals surface area (Å²) in [6, 6.07) is 11.0. The van der Waals surface area contributed by atoms with Gasteiger partial charge in [-0.3, -0.25) is 4.79 Å². The molecule has 1 saturated heterocycles. The van der Waals surface area contributed by atoms with Crippen LogP contribution in [-0.2, 0) is 14.8 Å². The predicted octanol–water partition coefficient (Wildman–Crippen LogP) is 3.56. The molecule has 1 atom stereocenters. The fraction of sp³-hybridized carbons (Fsp3) is 0.381. The van der Waals surface area contributed by atoms with Gasteiger partial charge in [-0.25, -0.2) is 8.42 Å². The number of carbonyl (C=O) groups is 1. The van der Waals surface area contributed by atoms with Crippen molar-refractivity contribution in [1.29, 1.82) is 0 Å². The zero-order valence-electron chi connectivity index (χ0n) is 17.4. The molecule has 1 unspecified atom stereocenters. The normalized spacial score (nSPS) is 17.5. The van der Waals surface area contributed by atoms with Crippen LogP contribution in [0, 0.1) is 12.8 Å². The largest absolute Gasteiger partial charge is 0.339 e. The fourth-order valence-electron chi connectivity index (χ4n) is 3.77. The number of anilines is 1. The Hall–Kier alpha value is -2.56. The molecule has 10 heteroatoms. The molecule has 1 aromatic carbocycles. The standard InChI is InChI=1S/C21H24N4O4S2/c1-3-25(18-9-5-4-6-10-18)21(26)16-8-7-11-24(13-16)31(27,28)19-12-17(14-30-19)20-22-15(2)29-23-20/h4-6,9-10,12,14,16H,3,7-8,11,13H2,1-2H3. The van der Waals surface area contributed by atoms with Crippen molar-refractivity contribution >= 4 is 33.0 Å². The molecule has 0 bridgehead atoms. The minimum atomic E-state index is -3.71. The predicted molar refractivity (Wildman–Crippen MR) is 118 cm³/mol. The summed E-state index contributed by atoms with van der Waals surface area (Å²) in [5.41, 5.74) is 1.43. The Morgan fingerprint density at radius 3 is 2.77 bits per heavy atom. The number of piperidine rings is 1. The molecule has 164 valence electrons. The highest BCUT2D eigenvalue weighted by molar-refractivity contribution is 7.91. The molecule has 31 heavy (non-hydrogen) atoms. The first-order valence-electron chi connectivity index (χ1n) is 10.2. The van der Waals surface area contributed by atoms with Crippen molar-refractivity contribution in [2.24, 2.45) is 5.92 Å². The Kier molecular flexibility index (Phi) is 6.22. The lowest BCUT2D eigenvalue weighted by Gasteiger charge is -2.33. The van der Waals surface area contributed by atoms with E-state index in [1.54, 1.807) is 23.3 Å². The number of benzene rings is 1. The van der Waals surface area contributed by atoms with E-state index in [1.807, 2.05) is 37.3 Å². The number of nitrogens with zero attached hydrogens (tertiary/aromatic N) is 4. The highest BCUT2D eigenvalue weighted by Gasteiger charge is 2.36. The third-order valence-corrected chi connectivity index (χ3v) is 8.62. The van der Waals surface area contributed by atoms with Crippen molar-refractivity contribution in [3.63, 3.8) is 0 Å². The number of amides is 1. The maximum atomic E-state index is 13.3. The molecule has 0 aliphatic carbocycles. The van der Waals surface area contributed by atoms with E-state index in [0.29, 0.717) is 43.2 Å². The van der Waals surface area contributed by atoms with Crippen LogP contribution in [0.3, 0.4) is 0 Å². The van der Waals surface area contributed by atoms with Crippen LogP contribution in [0.1, 0.15) is 25.7 Å². The lowest BCUT2D eigenvalue weighted by molar-refractivity contribution is -0.123. The number of hydrogen-bond acceptors (Lipinski definition) is 7. The first-order chi connectivity index (χ1) is 14.9.